The van der Waals surface area contributed by atoms with Crippen molar-refractivity contribution in [2.24, 2.45) is 0 Å². The number of amides is 2. The third kappa shape index (κ3) is 3.83. The van der Waals surface area contributed by atoms with Crippen molar-refractivity contribution >= 4 is 17.5 Å². The molecule has 6 heteroatoms. The Hall–Kier alpha value is -3.12. The molecule has 2 aromatic rings. The van der Waals surface area contributed by atoms with Crippen LogP contribution in [0.4, 0.5) is 5.69 Å². The first kappa shape index (κ1) is 16.7. The van der Waals surface area contributed by atoms with Gasteiger partial charge in [0.25, 0.3) is 11.8 Å². The summed E-state index contributed by atoms with van der Waals surface area (Å²) in [7, 11) is -1.15. The maximum absolute atomic E-state index is 13.0. The average Bonchev–Trinajstić information content (AvgIpc) is 3.43. The molecule has 2 aliphatic carbocycles. The monoisotopic (exact) mass is 409 g/mol. The molecular weight excluding hydrogens is 380 g/mol. The molecule has 0 unspecified atom stereocenters. The molecule has 30 heavy (non-hydrogen) atoms. The molecular formula is C24H26N2O4. The van der Waals surface area contributed by atoms with Crippen molar-refractivity contribution in [1.29, 1.82) is 0 Å². The molecule has 2 aromatic carbocycles. The van der Waals surface area contributed by atoms with Gasteiger partial charge in [-0.15, -0.1) is 0 Å². The number of fused-ring (bicyclic) bond motifs is 1. The lowest BCUT2D eigenvalue weighted by Gasteiger charge is -2.16. The molecule has 0 heterocycles. The molecule has 2 N–H and O–H groups in total. The number of nitrogens with one attached hydrogen (secondary N) is 2. The van der Waals surface area contributed by atoms with E-state index >= 15 is 0 Å². The maximum Gasteiger partial charge on any atom is 0.271 e. The highest BCUT2D eigenvalue weighted by molar-refractivity contribution is 6.10. The molecule has 2 aliphatic rings. The predicted octanol–water partition coefficient (Wildman–Crippen LogP) is 3.95. The zero-order valence-electron chi connectivity index (χ0n) is 19.8. The third-order valence-electron chi connectivity index (χ3n) is 5.76. The summed E-state index contributed by atoms with van der Waals surface area (Å²) in [6.07, 6.45) is 4.51. The fourth-order valence-corrected chi connectivity index (χ4v) is 4.42. The van der Waals surface area contributed by atoms with Crippen molar-refractivity contribution in [2.45, 2.75) is 38.5 Å². The first-order valence-corrected chi connectivity index (χ1v) is 10.1. The quantitative estimate of drug-likeness (QED) is 0.709. The van der Waals surface area contributed by atoms with Crippen molar-refractivity contribution in [2.75, 3.05) is 19.5 Å². The van der Waals surface area contributed by atoms with E-state index in [9.17, 15) is 9.59 Å². The Labute approximate surface area is 180 Å². The summed E-state index contributed by atoms with van der Waals surface area (Å²) in [6.45, 7) is 0. The molecule has 2 amide bonds. The Balaban J connectivity index is 1.62. The predicted molar refractivity (Wildman–Crippen MR) is 115 cm³/mol. The van der Waals surface area contributed by atoms with Gasteiger partial charge in [-0.25, -0.2) is 5.48 Å². The Kier molecular flexibility index (Phi) is 4.84. The third-order valence-corrected chi connectivity index (χ3v) is 5.76. The van der Waals surface area contributed by atoms with E-state index in [1.807, 2.05) is 18.2 Å². The second kappa shape index (κ2) is 8.71. The topological polar surface area (TPSA) is 76.7 Å². The number of hydrogen-bond donors (Lipinski definition) is 2. The number of hydroxylamine groups is 1. The molecule has 0 saturated heterocycles. The SMILES string of the molecule is [2H]C([2H])([2H])Oc1cccc(-c2ccc(NC(=O)C3=C(C(=O)NOC)CCC3)c3c2CCC3)c1. The zero-order chi connectivity index (χ0) is 23.6. The van der Waals surface area contributed by atoms with Crippen molar-refractivity contribution < 1.29 is 23.3 Å². The van der Waals surface area contributed by atoms with Gasteiger partial charge in [0, 0.05) is 16.8 Å². The summed E-state index contributed by atoms with van der Waals surface area (Å²) in [6, 6.07) is 10.9. The minimum atomic E-state index is -2.51. The van der Waals surface area contributed by atoms with Crippen LogP contribution in [-0.4, -0.2) is 26.0 Å². The number of hydrogen-bond acceptors (Lipinski definition) is 4. The molecule has 0 aromatic heterocycles. The molecule has 0 aliphatic heterocycles. The molecule has 0 spiro atoms. The van der Waals surface area contributed by atoms with E-state index in [1.54, 1.807) is 18.2 Å². The number of rotatable bonds is 6. The largest absolute Gasteiger partial charge is 0.497 e. The van der Waals surface area contributed by atoms with E-state index in [-0.39, 0.29) is 17.6 Å². The summed E-state index contributed by atoms with van der Waals surface area (Å²) in [5.41, 5.74) is 8.08. The molecule has 0 bridgehead atoms. The van der Waals surface area contributed by atoms with Gasteiger partial charge in [-0.3, -0.25) is 14.4 Å². The molecule has 0 fully saturated rings. The summed E-state index contributed by atoms with van der Waals surface area (Å²) < 4.78 is 27.1. The van der Waals surface area contributed by atoms with Crippen LogP contribution < -0.4 is 15.5 Å². The lowest BCUT2D eigenvalue weighted by Crippen LogP contribution is -2.25. The van der Waals surface area contributed by atoms with E-state index < -0.39 is 7.04 Å². The number of carbonyl (C=O) groups excluding carboxylic acids is 2. The van der Waals surface area contributed by atoms with Gasteiger partial charge in [0.05, 0.1) is 18.3 Å². The Morgan fingerprint density at radius 1 is 0.967 bits per heavy atom. The second-order valence-electron chi connectivity index (χ2n) is 7.50. The Morgan fingerprint density at radius 2 is 1.73 bits per heavy atom. The molecule has 4 rings (SSSR count). The van der Waals surface area contributed by atoms with Gasteiger partial charge in [-0.05, 0) is 79.0 Å². The van der Waals surface area contributed by atoms with Gasteiger partial charge >= 0.3 is 0 Å². The van der Waals surface area contributed by atoms with E-state index in [4.69, 9.17) is 13.7 Å². The van der Waals surface area contributed by atoms with Gasteiger partial charge in [0.1, 0.15) is 5.75 Å². The molecule has 0 saturated carbocycles. The highest BCUT2D eigenvalue weighted by Crippen LogP contribution is 2.38. The van der Waals surface area contributed by atoms with Crippen molar-refractivity contribution in [3.05, 3.63) is 58.7 Å². The van der Waals surface area contributed by atoms with E-state index in [1.165, 1.54) is 7.11 Å². The van der Waals surface area contributed by atoms with Crippen molar-refractivity contribution in [1.82, 2.24) is 5.48 Å². The first-order chi connectivity index (χ1) is 15.8. The van der Waals surface area contributed by atoms with E-state index in [0.717, 1.165) is 53.6 Å². The molecule has 156 valence electrons. The van der Waals surface area contributed by atoms with Crippen LogP contribution in [0, 0.1) is 0 Å². The lowest BCUT2D eigenvalue weighted by molar-refractivity contribution is -0.127. The van der Waals surface area contributed by atoms with Gasteiger partial charge in [0.2, 0.25) is 0 Å². The van der Waals surface area contributed by atoms with Crippen LogP contribution in [0.2, 0.25) is 0 Å². The highest BCUT2D eigenvalue weighted by Gasteiger charge is 2.27. The number of anilines is 1. The summed E-state index contributed by atoms with van der Waals surface area (Å²) >= 11 is 0. The van der Waals surface area contributed by atoms with Crippen LogP contribution >= 0.6 is 0 Å². The molecule has 0 radical (unpaired) electrons. The minimum Gasteiger partial charge on any atom is -0.497 e. The lowest BCUT2D eigenvalue weighted by atomic mass is 9.95. The van der Waals surface area contributed by atoms with Crippen molar-refractivity contribution in [3.8, 4) is 16.9 Å². The van der Waals surface area contributed by atoms with Crippen LogP contribution in [-0.2, 0) is 27.3 Å². The van der Waals surface area contributed by atoms with Crippen LogP contribution in [0.5, 0.6) is 5.75 Å². The van der Waals surface area contributed by atoms with E-state index in [2.05, 4.69) is 10.8 Å². The van der Waals surface area contributed by atoms with Crippen LogP contribution in [0.25, 0.3) is 11.1 Å². The Morgan fingerprint density at radius 3 is 2.53 bits per heavy atom. The van der Waals surface area contributed by atoms with Gasteiger partial charge in [-0.1, -0.05) is 18.2 Å². The molecule has 6 nitrogen and oxygen atoms in total. The minimum absolute atomic E-state index is 0.260. The highest BCUT2D eigenvalue weighted by atomic mass is 16.6. The summed E-state index contributed by atoms with van der Waals surface area (Å²) in [4.78, 5) is 29.9. The summed E-state index contributed by atoms with van der Waals surface area (Å²) in [5, 5.41) is 3.02. The van der Waals surface area contributed by atoms with Crippen molar-refractivity contribution in [3.63, 3.8) is 0 Å². The average molecular weight is 410 g/mol. The normalized spacial score (nSPS) is 17.0. The zero-order valence-corrected chi connectivity index (χ0v) is 16.8. The van der Waals surface area contributed by atoms with Gasteiger partial charge in [0.15, 0.2) is 0 Å². The van der Waals surface area contributed by atoms with E-state index in [0.29, 0.717) is 24.0 Å². The fraction of sp³-hybridized carbons (Fsp3) is 0.333. The fourth-order valence-electron chi connectivity index (χ4n) is 4.42. The number of benzene rings is 2. The standard InChI is InChI=1S/C24H26N2O4/c1-29-16-7-3-6-15(14-16)17-12-13-22(19-9-4-8-18(17)19)25-23(27)20-10-5-11-21(20)24(28)26-30-2/h3,6-7,12-14H,4-5,8-11H2,1-2H3,(H,25,27)(H,26,28)/i1D3. The van der Waals surface area contributed by atoms with Gasteiger partial charge in [-0.2, -0.15) is 0 Å². The number of ether oxygens (including phenoxy) is 1. The Bertz CT molecular complexity index is 1130. The van der Waals surface area contributed by atoms with Crippen LogP contribution in [0.15, 0.2) is 47.5 Å². The van der Waals surface area contributed by atoms with Crippen LogP contribution in [0.1, 0.15) is 40.9 Å². The number of methoxy groups -OCH3 is 1. The first-order valence-electron chi connectivity index (χ1n) is 11.6. The van der Waals surface area contributed by atoms with Gasteiger partial charge < -0.3 is 10.1 Å². The second-order valence-corrected chi connectivity index (χ2v) is 7.50. The maximum atomic E-state index is 13.0. The smallest absolute Gasteiger partial charge is 0.271 e. The van der Waals surface area contributed by atoms with Crippen LogP contribution in [0.3, 0.4) is 0 Å². The molecule has 0 atom stereocenters. The summed E-state index contributed by atoms with van der Waals surface area (Å²) in [5.74, 6) is -0.352. The number of carbonyl (C=O) groups is 2.